The fourth-order valence-electron chi connectivity index (χ4n) is 8.84. The van der Waals surface area contributed by atoms with Crippen LogP contribution in [-0.2, 0) is 4.79 Å². The fraction of sp³-hybridized carbons (Fsp3) is 0.879. The van der Waals surface area contributed by atoms with Gasteiger partial charge in [0.2, 0.25) is 5.91 Å². The van der Waals surface area contributed by atoms with Crippen LogP contribution in [0.25, 0.3) is 0 Å². The molecule has 0 bridgehead atoms. The second-order valence-corrected chi connectivity index (χ2v) is 19.5. The number of carbonyl (C=O) groups excluding carboxylic acids is 1. The highest BCUT2D eigenvalue weighted by molar-refractivity contribution is 5.76. The van der Waals surface area contributed by atoms with Crippen LogP contribution in [0.1, 0.15) is 303 Å². The Balaban J connectivity index is 3.59. The van der Waals surface area contributed by atoms with Crippen molar-refractivity contribution >= 4 is 5.91 Å². The van der Waals surface area contributed by atoms with Crippen molar-refractivity contribution in [3.63, 3.8) is 0 Å². The molecule has 0 aliphatic carbocycles. The van der Waals surface area contributed by atoms with Gasteiger partial charge in [0.25, 0.3) is 0 Å². The van der Waals surface area contributed by atoms with E-state index in [9.17, 15) is 20.1 Å². The zero-order valence-electron chi connectivity index (χ0n) is 42.5. The Hall–Kier alpha value is -1.43. The van der Waals surface area contributed by atoms with Gasteiger partial charge in [-0.1, -0.05) is 262 Å². The maximum absolute atomic E-state index is 12.5. The normalized spacial score (nSPS) is 13.5. The number of amides is 1. The van der Waals surface area contributed by atoms with Gasteiger partial charge in [0.1, 0.15) is 6.10 Å². The number of nitrogens with one attached hydrogen (secondary N) is 1. The van der Waals surface area contributed by atoms with E-state index in [0.29, 0.717) is 12.8 Å². The van der Waals surface area contributed by atoms with Gasteiger partial charge in [-0.25, -0.2) is 0 Å². The molecule has 5 heteroatoms. The third kappa shape index (κ3) is 48.3. The predicted molar refractivity (Wildman–Crippen MR) is 278 cm³/mol. The predicted octanol–water partition coefficient (Wildman–Crippen LogP) is 17.4. The van der Waals surface area contributed by atoms with Crippen LogP contribution in [0.5, 0.6) is 0 Å². The molecule has 3 unspecified atom stereocenters. The third-order valence-electron chi connectivity index (χ3n) is 13.2. The van der Waals surface area contributed by atoms with Crippen LogP contribution in [0.4, 0.5) is 0 Å². The molecule has 0 saturated carbocycles. The molecule has 0 heterocycles. The topological polar surface area (TPSA) is 89.8 Å². The summed E-state index contributed by atoms with van der Waals surface area (Å²) >= 11 is 0. The summed E-state index contributed by atoms with van der Waals surface area (Å²) in [7, 11) is 0. The smallest absolute Gasteiger partial charge is 0.220 e. The van der Waals surface area contributed by atoms with E-state index in [4.69, 9.17) is 0 Å². The standard InChI is InChI=1S/C58H111NO4/c1-3-5-7-9-11-13-15-17-19-21-23-25-27-29-31-33-35-37-39-41-43-45-47-49-51-53-57(62)59-55(54-60)58(63)56(61)52-50-48-46-44-42-40-38-36-34-32-30-28-26-24-22-20-18-16-14-12-10-8-6-4-2/h23,25,29,31,44,46,55-56,58,60-61,63H,3-22,24,26-28,30,32-43,45,47-54H2,1-2H3,(H,59,62)/b25-23-,31-29-,46-44+. The molecule has 0 saturated heterocycles. The summed E-state index contributed by atoms with van der Waals surface area (Å²) in [5.41, 5.74) is 0. The van der Waals surface area contributed by atoms with Crippen molar-refractivity contribution in [1.29, 1.82) is 0 Å². The zero-order valence-corrected chi connectivity index (χ0v) is 42.5. The summed E-state index contributed by atoms with van der Waals surface area (Å²) in [4.78, 5) is 12.5. The fourth-order valence-corrected chi connectivity index (χ4v) is 8.84. The first-order valence-electron chi connectivity index (χ1n) is 28.3. The molecule has 1 amide bonds. The lowest BCUT2D eigenvalue weighted by Gasteiger charge is -2.26. The van der Waals surface area contributed by atoms with Crippen molar-refractivity contribution in [2.24, 2.45) is 0 Å². The summed E-state index contributed by atoms with van der Waals surface area (Å²) in [6, 6.07) is -0.830. The van der Waals surface area contributed by atoms with Gasteiger partial charge in [-0.3, -0.25) is 4.79 Å². The Morgan fingerprint density at radius 3 is 1.02 bits per heavy atom. The van der Waals surface area contributed by atoms with Gasteiger partial charge >= 0.3 is 0 Å². The van der Waals surface area contributed by atoms with Gasteiger partial charge in [0, 0.05) is 6.42 Å². The number of hydrogen-bond acceptors (Lipinski definition) is 4. The molecule has 4 N–H and O–H groups in total. The Bertz CT molecular complexity index is 978. The summed E-state index contributed by atoms with van der Waals surface area (Å²) < 4.78 is 0. The van der Waals surface area contributed by atoms with Gasteiger partial charge in [-0.05, 0) is 70.6 Å². The highest BCUT2D eigenvalue weighted by Gasteiger charge is 2.26. The van der Waals surface area contributed by atoms with Crippen LogP contribution in [0.3, 0.4) is 0 Å². The van der Waals surface area contributed by atoms with Crippen molar-refractivity contribution in [2.45, 2.75) is 321 Å². The van der Waals surface area contributed by atoms with Crippen LogP contribution >= 0.6 is 0 Å². The molecule has 0 aromatic heterocycles. The number of aliphatic hydroxyl groups excluding tert-OH is 3. The van der Waals surface area contributed by atoms with Crippen LogP contribution in [0.15, 0.2) is 36.5 Å². The van der Waals surface area contributed by atoms with E-state index in [-0.39, 0.29) is 12.5 Å². The minimum Gasteiger partial charge on any atom is -0.394 e. The Labute approximate surface area is 394 Å². The lowest BCUT2D eigenvalue weighted by atomic mass is 10.0. The lowest BCUT2D eigenvalue weighted by molar-refractivity contribution is -0.124. The molecule has 0 aromatic rings. The zero-order chi connectivity index (χ0) is 45.8. The van der Waals surface area contributed by atoms with Crippen LogP contribution < -0.4 is 5.32 Å². The lowest BCUT2D eigenvalue weighted by Crippen LogP contribution is -2.50. The highest BCUT2D eigenvalue weighted by atomic mass is 16.3. The van der Waals surface area contributed by atoms with Crippen LogP contribution in [-0.4, -0.2) is 46.1 Å². The summed E-state index contributed by atoms with van der Waals surface area (Å²) in [5, 5.41) is 33.8. The summed E-state index contributed by atoms with van der Waals surface area (Å²) in [5.74, 6) is -0.155. The Morgan fingerprint density at radius 2 is 0.683 bits per heavy atom. The molecule has 372 valence electrons. The molecule has 0 fully saturated rings. The maximum Gasteiger partial charge on any atom is 0.220 e. The van der Waals surface area contributed by atoms with Crippen molar-refractivity contribution in [1.82, 2.24) is 5.32 Å². The van der Waals surface area contributed by atoms with E-state index in [1.807, 2.05) is 0 Å². The molecule has 5 nitrogen and oxygen atoms in total. The average Bonchev–Trinajstić information content (AvgIpc) is 3.29. The number of rotatable bonds is 52. The number of carbonyl (C=O) groups is 1. The molecule has 0 spiro atoms. The minimum atomic E-state index is -1.16. The van der Waals surface area contributed by atoms with Gasteiger partial charge in [0.15, 0.2) is 0 Å². The SMILES string of the molecule is CCCCCCCCCCC/C=C\C/C=C\CCCCCCCCCCCC(=O)NC(CO)C(O)C(O)CCC/C=C/CCCCCCCCCCCCCCCCCCCCC. The monoisotopic (exact) mass is 886 g/mol. The van der Waals surface area contributed by atoms with E-state index in [1.54, 1.807) is 0 Å². The molecule has 63 heavy (non-hydrogen) atoms. The van der Waals surface area contributed by atoms with Gasteiger partial charge in [0.05, 0.1) is 18.8 Å². The number of hydrogen-bond donors (Lipinski definition) is 4. The first-order chi connectivity index (χ1) is 31.1. The van der Waals surface area contributed by atoms with Crippen LogP contribution in [0.2, 0.25) is 0 Å². The quantitative estimate of drug-likeness (QED) is 0.0362. The van der Waals surface area contributed by atoms with E-state index < -0.39 is 18.2 Å². The molecule has 0 aliphatic rings. The largest absolute Gasteiger partial charge is 0.394 e. The van der Waals surface area contributed by atoms with E-state index in [1.165, 1.54) is 231 Å². The van der Waals surface area contributed by atoms with Crippen molar-refractivity contribution in [2.75, 3.05) is 6.61 Å². The number of allylic oxidation sites excluding steroid dienone is 6. The Kier molecular flexibility index (Phi) is 52.0. The maximum atomic E-state index is 12.5. The Morgan fingerprint density at radius 1 is 0.397 bits per heavy atom. The van der Waals surface area contributed by atoms with Crippen LogP contribution in [0, 0.1) is 0 Å². The van der Waals surface area contributed by atoms with Gasteiger partial charge in [-0.2, -0.15) is 0 Å². The summed E-state index contributed by atoms with van der Waals surface area (Å²) in [6.45, 7) is 4.20. The van der Waals surface area contributed by atoms with E-state index >= 15 is 0 Å². The van der Waals surface area contributed by atoms with Crippen molar-refractivity contribution in [3.8, 4) is 0 Å². The van der Waals surface area contributed by atoms with E-state index in [2.05, 4.69) is 55.6 Å². The van der Waals surface area contributed by atoms with Crippen molar-refractivity contribution < 1.29 is 20.1 Å². The van der Waals surface area contributed by atoms with E-state index in [0.717, 1.165) is 44.9 Å². The molecule has 0 radical (unpaired) electrons. The summed E-state index contributed by atoms with van der Waals surface area (Å²) in [6.07, 6.45) is 68.7. The number of aliphatic hydroxyl groups is 3. The molecule has 3 atom stereocenters. The first-order valence-corrected chi connectivity index (χ1v) is 28.3. The van der Waals surface area contributed by atoms with Gasteiger partial charge < -0.3 is 20.6 Å². The third-order valence-corrected chi connectivity index (χ3v) is 13.2. The second-order valence-electron chi connectivity index (χ2n) is 19.5. The molecular formula is C58H111NO4. The first kappa shape index (κ1) is 61.6. The minimum absolute atomic E-state index is 0.155. The second kappa shape index (κ2) is 53.2. The molecular weight excluding hydrogens is 775 g/mol. The average molecular weight is 887 g/mol. The molecule has 0 rings (SSSR count). The highest BCUT2D eigenvalue weighted by Crippen LogP contribution is 2.17. The molecule has 0 aliphatic heterocycles. The van der Waals surface area contributed by atoms with Gasteiger partial charge in [-0.15, -0.1) is 0 Å². The molecule has 0 aromatic carbocycles. The number of unbranched alkanes of at least 4 members (excludes halogenated alkanes) is 38. The van der Waals surface area contributed by atoms with Crippen molar-refractivity contribution in [3.05, 3.63) is 36.5 Å².